The van der Waals surface area contributed by atoms with Crippen LogP contribution in [0.2, 0.25) is 0 Å². The first-order valence-electron chi connectivity index (χ1n) is 3.03. The molecule has 1 heterocycles. The highest BCUT2D eigenvalue weighted by molar-refractivity contribution is 7.16. The summed E-state index contributed by atoms with van der Waals surface area (Å²) in [6, 6.07) is 0. The number of nitrogens with zero attached hydrogens (tertiary/aromatic N) is 2. The van der Waals surface area contributed by atoms with Crippen LogP contribution in [0.3, 0.4) is 0 Å². The molecule has 0 saturated carbocycles. The molecule has 2 N–H and O–H groups in total. The molecular weight excluding hydrogens is 166 g/mol. The summed E-state index contributed by atoms with van der Waals surface area (Å²) in [5.74, 6) is 0. The number of nitrogen functional groups attached to an aromatic ring is 1. The molecule has 1 rings (SSSR count). The van der Waals surface area contributed by atoms with Gasteiger partial charge in [0.1, 0.15) is 6.61 Å². The first kappa shape index (κ1) is 8.22. The molecule has 0 unspecified atom stereocenters. The molecule has 0 fully saturated rings. The quantitative estimate of drug-likeness (QED) is 0.659. The minimum Gasteiger partial charge on any atom is -0.466 e. The predicted molar refractivity (Wildman–Crippen MR) is 41.7 cm³/mol. The van der Waals surface area contributed by atoms with E-state index in [9.17, 15) is 0 Å². The van der Waals surface area contributed by atoms with Crippen LogP contribution in [0.1, 0.15) is 0 Å². The minimum absolute atomic E-state index is 0.414. The van der Waals surface area contributed by atoms with Crippen LogP contribution in [-0.4, -0.2) is 30.5 Å². The van der Waals surface area contributed by atoms with Crippen LogP contribution in [0.25, 0.3) is 0 Å². The van der Waals surface area contributed by atoms with Gasteiger partial charge in [0.25, 0.3) is 5.19 Å². The largest absolute Gasteiger partial charge is 0.466 e. The molecular formula is C5H9N3O2S. The molecule has 6 heteroatoms. The lowest BCUT2D eigenvalue weighted by molar-refractivity contribution is 0.145. The van der Waals surface area contributed by atoms with Crippen LogP contribution < -0.4 is 10.5 Å². The van der Waals surface area contributed by atoms with E-state index in [0.29, 0.717) is 23.5 Å². The molecule has 0 saturated heterocycles. The van der Waals surface area contributed by atoms with Crippen molar-refractivity contribution in [3.8, 4) is 5.19 Å². The highest BCUT2D eigenvalue weighted by Crippen LogP contribution is 2.18. The number of nitrogens with two attached hydrogens (primary N) is 1. The van der Waals surface area contributed by atoms with E-state index in [1.165, 1.54) is 11.3 Å². The zero-order valence-electron chi connectivity index (χ0n) is 6.11. The van der Waals surface area contributed by atoms with Gasteiger partial charge in [-0.3, -0.25) is 0 Å². The normalized spacial score (nSPS) is 9.91. The molecule has 5 nitrogen and oxygen atoms in total. The summed E-state index contributed by atoms with van der Waals surface area (Å²) in [6.07, 6.45) is 0. The SMILES string of the molecule is COCCOc1nnc(N)s1. The summed E-state index contributed by atoms with van der Waals surface area (Å²) in [5.41, 5.74) is 5.32. The molecule has 0 bridgehead atoms. The number of anilines is 1. The summed E-state index contributed by atoms with van der Waals surface area (Å²) in [6.45, 7) is 1.02. The van der Waals surface area contributed by atoms with E-state index >= 15 is 0 Å². The zero-order chi connectivity index (χ0) is 8.10. The number of methoxy groups -OCH3 is 1. The number of hydrogen-bond donors (Lipinski definition) is 1. The van der Waals surface area contributed by atoms with Crippen LogP contribution in [0.15, 0.2) is 0 Å². The number of hydrogen-bond acceptors (Lipinski definition) is 6. The van der Waals surface area contributed by atoms with Crippen molar-refractivity contribution >= 4 is 16.5 Å². The molecule has 0 amide bonds. The van der Waals surface area contributed by atoms with E-state index in [1.807, 2.05) is 0 Å². The lowest BCUT2D eigenvalue weighted by Crippen LogP contribution is -2.03. The second-order valence-corrected chi connectivity index (χ2v) is 2.72. The van der Waals surface area contributed by atoms with E-state index in [0.717, 1.165) is 0 Å². The van der Waals surface area contributed by atoms with Crippen LogP contribution >= 0.6 is 11.3 Å². The van der Waals surface area contributed by atoms with E-state index < -0.39 is 0 Å². The summed E-state index contributed by atoms with van der Waals surface area (Å²) in [5, 5.41) is 8.13. The molecule has 0 radical (unpaired) electrons. The summed E-state index contributed by atoms with van der Waals surface area (Å²) < 4.78 is 9.88. The molecule has 1 aromatic heterocycles. The van der Waals surface area contributed by atoms with Crippen LogP contribution in [0, 0.1) is 0 Å². The highest BCUT2D eigenvalue weighted by Gasteiger charge is 1.99. The number of ether oxygens (including phenoxy) is 2. The van der Waals surface area contributed by atoms with Gasteiger partial charge >= 0.3 is 0 Å². The highest BCUT2D eigenvalue weighted by atomic mass is 32.1. The molecule has 1 aromatic rings. The standard InChI is InChI=1S/C5H9N3O2S/c1-9-2-3-10-5-8-7-4(6)11-5/h2-3H2,1H3,(H2,6,7). The lowest BCUT2D eigenvalue weighted by Gasteiger charge is -1.97. The van der Waals surface area contributed by atoms with Crippen molar-refractivity contribution < 1.29 is 9.47 Å². The van der Waals surface area contributed by atoms with Gasteiger partial charge in [0.05, 0.1) is 6.61 Å². The third-order valence-corrected chi connectivity index (χ3v) is 1.60. The first-order chi connectivity index (χ1) is 5.33. The molecule has 0 aliphatic carbocycles. The Morgan fingerprint density at radius 1 is 1.45 bits per heavy atom. The van der Waals surface area contributed by atoms with Crippen molar-refractivity contribution in [3.63, 3.8) is 0 Å². The fourth-order valence-corrected chi connectivity index (χ4v) is 0.975. The van der Waals surface area contributed by atoms with Crippen molar-refractivity contribution in [1.82, 2.24) is 10.2 Å². The number of aromatic nitrogens is 2. The maximum atomic E-state index is 5.32. The molecule has 0 spiro atoms. The first-order valence-corrected chi connectivity index (χ1v) is 3.85. The van der Waals surface area contributed by atoms with E-state index in [1.54, 1.807) is 7.11 Å². The molecule has 0 atom stereocenters. The average Bonchev–Trinajstić information content (AvgIpc) is 2.37. The Labute approximate surface area is 68.1 Å². The average molecular weight is 175 g/mol. The minimum atomic E-state index is 0.414. The molecule has 62 valence electrons. The number of rotatable bonds is 4. The van der Waals surface area contributed by atoms with Gasteiger partial charge < -0.3 is 15.2 Å². The zero-order valence-corrected chi connectivity index (χ0v) is 6.93. The maximum absolute atomic E-state index is 5.32. The van der Waals surface area contributed by atoms with E-state index in [2.05, 4.69) is 10.2 Å². The van der Waals surface area contributed by atoms with Gasteiger partial charge in [0.2, 0.25) is 5.13 Å². The van der Waals surface area contributed by atoms with E-state index in [4.69, 9.17) is 15.2 Å². The van der Waals surface area contributed by atoms with Crippen molar-refractivity contribution in [1.29, 1.82) is 0 Å². The van der Waals surface area contributed by atoms with Gasteiger partial charge in [0.15, 0.2) is 0 Å². The molecule has 11 heavy (non-hydrogen) atoms. The Morgan fingerprint density at radius 3 is 2.82 bits per heavy atom. The predicted octanol–water partition coefficient (Wildman–Crippen LogP) is 0.146. The second kappa shape index (κ2) is 4.09. The fraction of sp³-hybridized carbons (Fsp3) is 0.600. The van der Waals surface area contributed by atoms with Gasteiger partial charge in [-0.15, -0.1) is 5.10 Å². The Balaban J connectivity index is 2.27. The van der Waals surface area contributed by atoms with Crippen molar-refractivity contribution in [2.24, 2.45) is 0 Å². The molecule has 0 aliphatic rings. The Bertz CT molecular complexity index is 215. The van der Waals surface area contributed by atoms with Crippen molar-refractivity contribution in [3.05, 3.63) is 0 Å². The summed E-state index contributed by atoms with van der Waals surface area (Å²) >= 11 is 1.22. The van der Waals surface area contributed by atoms with Gasteiger partial charge in [-0.25, -0.2) is 0 Å². The summed E-state index contributed by atoms with van der Waals surface area (Å²) in [4.78, 5) is 0. The van der Waals surface area contributed by atoms with Gasteiger partial charge in [-0.05, 0) is 11.3 Å². The van der Waals surface area contributed by atoms with E-state index in [-0.39, 0.29) is 0 Å². The van der Waals surface area contributed by atoms with Crippen LogP contribution in [0.4, 0.5) is 5.13 Å². The third kappa shape index (κ3) is 2.69. The van der Waals surface area contributed by atoms with Gasteiger partial charge in [0, 0.05) is 7.11 Å². The lowest BCUT2D eigenvalue weighted by atomic mass is 10.8. The van der Waals surface area contributed by atoms with Crippen molar-refractivity contribution in [2.75, 3.05) is 26.1 Å². The van der Waals surface area contributed by atoms with Crippen molar-refractivity contribution in [2.45, 2.75) is 0 Å². The smallest absolute Gasteiger partial charge is 0.295 e. The third-order valence-electron chi connectivity index (χ3n) is 0.935. The van der Waals surface area contributed by atoms with Gasteiger partial charge in [-0.1, -0.05) is 5.10 Å². The summed E-state index contributed by atoms with van der Waals surface area (Å²) in [7, 11) is 1.61. The second-order valence-electron chi connectivity index (χ2n) is 1.75. The van der Waals surface area contributed by atoms with Crippen LogP contribution in [-0.2, 0) is 4.74 Å². The fourth-order valence-electron chi connectivity index (χ4n) is 0.491. The molecule has 0 aliphatic heterocycles. The van der Waals surface area contributed by atoms with Crippen LogP contribution in [0.5, 0.6) is 5.19 Å². The Hall–Kier alpha value is -0.880. The monoisotopic (exact) mass is 175 g/mol. The Kier molecular flexibility index (Phi) is 3.06. The topological polar surface area (TPSA) is 70.3 Å². The maximum Gasteiger partial charge on any atom is 0.295 e. The van der Waals surface area contributed by atoms with Gasteiger partial charge in [-0.2, -0.15) is 0 Å². The molecule has 0 aromatic carbocycles. The Morgan fingerprint density at radius 2 is 2.27 bits per heavy atom.